The van der Waals surface area contributed by atoms with Gasteiger partial charge in [0, 0.05) is 12.0 Å². The van der Waals surface area contributed by atoms with E-state index in [4.69, 9.17) is 4.74 Å². The lowest BCUT2D eigenvalue weighted by Crippen LogP contribution is -2.45. The molecule has 0 fully saturated rings. The Bertz CT molecular complexity index is 1050. The number of nitrogens with one attached hydrogen (secondary N) is 2. The predicted molar refractivity (Wildman–Crippen MR) is 126 cm³/mol. The highest BCUT2D eigenvalue weighted by molar-refractivity contribution is 5.87. The van der Waals surface area contributed by atoms with Crippen molar-refractivity contribution in [3.8, 4) is 22.5 Å². The molecule has 0 saturated carbocycles. The largest absolute Gasteiger partial charge is 0.468 e. The Morgan fingerprint density at radius 2 is 1.76 bits per heavy atom. The molecule has 174 valence electrons. The van der Waals surface area contributed by atoms with Gasteiger partial charge in [0.1, 0.15) is 6.04 Å². The summed E-state index contributed by atoms with van der Waals surface area (Å²) >= 11 is 0. The lowest BCUT2D eigenvalue weighted by molar-refractivity contribution is -0.144. The lowest BCUT2D eigenvalue weighted by atomic mass is 9.93. The van der Waals surface area contributed by atoms with Gasteiger partial charge in [-0.25, -0.2) is 0 Å². The van der Waals surface area contributed by atoms with Crippen LogP contribution in [0.1, 0.15) is 51.6 Å². The van der Waals surface area contributed by atoms with E-state index in [-0.39, 0.29) is 17.7 Å². The molecular weight excluding hydrogens is 418 g/mol. The van der Waals surface area contributed by atoms with Crippen molar-refractivity contribution in [1.82, 2.24) is 25.9 Å². The topological polar surface area (TPSA) is 110 Å². The van der Waals surface area contributed by atoms with Gasteiger partial charge in [-0.2, -0.15) is 5.21 Å². The number of hydrogen-bond acceptors (Lipinski definition) is 7. The van der Waals surface area contributed by atoms with E-state index in [2.05, 4.69) is 32.9 Å². The number of rotatable bonds is 11. The third-order valence-electron chi connectivity index (χ3n) is 5.64. The van der Waals surface area contributed by atoms with Gasteiger partial charge in [-0.15, -0.1) is 10.2 Å². The maximum absolute atomic E-state index is 13.1. The number of tetrazole rings is 1. The molecule has 8 nitrogen and oxygen atoms in total. The fourth-order valence-corrected chi connectivity index (χ4v) is 3.77. The number of methoxy groups -OCH3 is 1. The van der Waals surface area contributed by atoms with E-state index in [0.29, 0.717) is 12.2 Å². The summed E-state index contributed by atoms with van der Waals surface area (Å²) in [7, 11) is 1.36. The van der Waals surface area contributed by atoms with Crippen LogP contribution in [0, 0.1) is 5.92 Å². The van der Waals surface area contributed by atoms with Crippen LogP contribution < -0.4 is 5.32 Å². The van der Waals surface area contributed by atoms with Crippen LogP contribution in [-0.4, -0.2) is 45.5 Å². The minimum Gasteiger partial charge on any atom is -0.468 e. The average molecular weight is 450 g/mol. The van der Waals surface area contributed by atoms with Gasteiger partial charge >= 0.3 is 5.97 Å². The number of carbonyl (C=O) groups is 2. The fraction of sp³-hybridized carbons (Fsp3) is 0.400. The van der Waals surface area contributed by atoms with Crippen LogP contribution >= 0.6 is 0 Å². The van der Waals surface area contributed by atoms with Crippen molar-refractivity contribution >= 4 is 11.8 Å². The first-order chi connectivity index (χ1) is 16.0. The molecule has 8 heteroatoms. The first kappa shape index (κ1) is 24.3. The zero-order chi connectivity index (χ0) is 23.8. The number of ether oxygens (including phenoxy) is 1. The Morgan fingerprint density at radius 3 is 2.33 bits per heavy atom. The predicted octanol–water partition coefficient (Wildman–Crippen LogP) is 4.12. The molecule has 0 radical (unpaired) electrons. The quantitative estimate of drug-likeness (QED) is 0.424. The molecule has 0 aliphatic heterocycles. The van der Waals surface area contributed by atoms with Crippen LogP contribution in [0.4, 0.5) is 0 Å². The number of aromatic nitrogens is 4. The summed E-state index contributed by atoms with van der Waals surface area (Å²) in [5, 5.41) is 17.6. The number of ketones is 1. The summed E-state index contributed by atoms with van der Waals surface area (Å²) in [6.45, 7) is 5.91. The third-order valence-corrected chi connectivity index (χ3v) is 5.64. The number of unbranched alkanes of at least 4 members (excludes halogenated alkanes) is 1. The number of carbonyl (C=O) groups excluding carboxylic acids is 2. The molecular formula is C25H31N5O3. The van der Waals surface area contributed by atoms with Crippen molar-refractivity contribution in [3.05, 3.63) is 54.1 Å². The molecule has 0 amide bonds. The second kappa shape index (κ2) is 11.5. The van der Waals surface area contributed by atoms with Gasteiger partial charge in [0.15, 0.2) is 5.78 Å². The molecule has 0 aliphatic carbocycles. The van der Waals surface area contributed by atoms with Gasteiger partial charge in [0.2, 0.25) is 5.82 Å². The van der Waals surface area contributed by atoms with Crippen molar-refractivity contribution in [2.24, 2.45) is 5.92 Å². The second-order valence-corrected chi connectivity index (χ2v) is 8.32. The van der Waals surface area contributed by atoms with Crippen LogP contribution in [0.25, 0.3) is 22.5 Å². The number of hydrogen-bond donors (Lipinski definition) is 2. The van der Waals surface area contributed by atoms with Crippen LogP contribution in [-0.2, 0) is 14.3 Å². The molecule has 1 unspecified atom stereocenters. The van der Waals surface area contributed by atoms with E-state index in [1.54, 1.807) is 0 Å². The van der Waals surface area contributed by atoms with Gasteiger partial charge in [0.05, 0.1) is 13.2 Å². The minimum absolute atomic E-state index is 0.0277. The Morgan fingerprint density at radius 1 is 1.06 bits per heavy atom. The Hall–Kier alpha value is -3.39. The molecule has 1 aromatic heterocycles. The maximum atomic E-state index is 13.1. The summed E-state index contributed by atoms with van der Waals surface area (Å²) in [6, 6.07) is 14.4. The van der Waals surface area contributed by atoms with Gasteiger partial charge in [-0.1, -0.05) is 75.7 Å². The maximum Gasteiger partial charge on any atom is 0.323 e. The average Bonchev–Trinajstić information content (AvgIpc) is 3.37. The lowest BCUT2D eigenvalue weighted by Gasteiger charge is -2.26. The van der Waals surface area contributed by atoms with Crippen molar-refractivity contribution in [1.29, 1.82) is 0 Å². The number of aromatic amines is 1. The summed E-state index contributed by atoms with van der Waals surface area (Å²) in [6.07, 6.45) is 2.18. The number of nitrogens with zero attached hydrogens (tertiary/aromatic N) is 3. The molecule has 2 N–H and O–H groups in total. The highest BCUT2D eigenvalue weighted by atomic mass is 16.5. The van der Waals surface area contributed by atoms with E-state index >= 15 is 0 Å². The van der Waals surface area contributed by atoms with Crippen LogP contribution in [0.2, 0.25) is 0 Å². The van der Waals surface area contributed by atoms with Crippen LogP contribution in [0.3, 0.4) is 0 Å². The van der Waals surface area contributed by atoms with Gasteiger partial charge in [-0.05, 0) is 34.2 Å². The molecule has 1 heterocycles. The van der Waals surface area contributed by atoms with E-state index in [9.17, 15) is 9.59 Å². The molecule has 0 bridgehead atoms. The highest BCUT2D eigenvalue weighted by Gasteiger charge is 2.30. The summed E-state index contributed by atoms with van der Waals surface area (Å²) in [5.74, 6) is 0.178. The van der Waals surface area contributed by atoms with E-state index in [0.717, 1.165) is 35.1 Å². The normalized spacial score (nSPS) is 13.0. The van der Waals surface area contributed by atoms with E-state index < -0.39 is 12.1 Å². The van der Waals surface area contributed by atoms with Crippen molar-refractivity contribution in [2.45, 2.75) is 52.1 Å². The molecule has 2 atom stereocenters. The standard InChI is InChI=1S/C25H31N5O3/c1-5-6-11-21(31)23(26-22(16(2)3)25(32)33-4)18-14-12-17(13-15-18)19-9-7-8-10-20(19)24-27-29-30-28-24/h7-10,12-16,22-23,26H,5-6,11H2,1-4H3,(H,27,28,29,30)/t22-,23?/m0/s1. The summed E-state index contributed by atoms with van der Waals surface area (Å²) in [4.78, 5) is 25.4. The molecule has 2 aromatic carbocycles. The number of H-pyrrole nitrogens is 1. The minimum atomic E-state index is -0.593. The SMILES string of the molecule is CCCCC(=O)C(N[C@H](C(=O)OC)C(C)C)c1ccc(-c2ccccc2-c2nn[nH]n2)cc1. The molecule has 0 aliphatic rings. The zero-order valence-electron chi connectivity index (χ0n) is 19.5. The Labute approximate surface area is 194 Å². The summed E-state index contributed by atoms with van der Waals surface area (Å²) in [5.41, 5.74) is 3.60. The highest BCUT2D eigenvalue weighted by Crippen LogP contribution is 2.31. The first-order valence-electron chi connectivity index (χ1n) is 11.3. The van der Waals surface area contributed by atoms with Crippen molar-refractivity contribution in [2.75, 3.05) is 7.11 Å². The van der Waals surface area contributed by atoms with Crippen molar-refractivity contribution in [3.63, 3.8) is 0 Å². The monoisotopic (exact) mass is 449 g/mol. The fourth-order valence-electron chi connectivity index (χ4n) is 3.77. The first-order valence-corrected chi connectivity index (χ1v) is 11.3. The second-order valence-electron chi connectivity index (χ2n) is 8.32. The molecule has 3 rings (SSSR count). The van der Waals surface area contributed by atoms with Crippen LogP contribution in [0.15, 0.2) is 48.5 Å². The Kier molecular flexibility index (Phi) is 8.43. The number of esters is 1. The molecule has 33 heavy (non-hydrogen) atoms. The zero-order valence-corrected chi connectivity index (χ0v) is 19.5. The molecule has 3 aromatic rings. The van der Waals surface area contributed by atoms with Gasteiger partial charge < -0.3 is 4.74 Å². The van der Waals surface area contributed by atoms with Gasteiger partial charge in [0.25, 0.3) is 0 Å². The van der Waals surface area contributed by atoms with E-state index in [1.165, 1.54) is 7.11 Å². The van der Waals surface area contributed by atoms with Gasteiger partial charge in [-0.3, -0.25) is 14.9 Å². The number of Topliss-reactive ketones (excluding diaryl/α,β-unsaturated/α-hetero) is 1. The molecule has 0 spiro atoms. The van der Waals surface area contributed by atoms with Crippen LogP contribution in [0.5, 0.6) is 0 Å². The van der Waals surface area contributed by atoms with Crippen molar-refractivity contribution < 1.29 is 14.3 Å². The van der Waals surface area contributed by atoms with E-state index in [1.807, 2.05) is 62.4 Å². The summed E-state index contributed by atoms with van der Waals surface area (Å²) < 4.78 is 4.96. The number of benzene rings is 2. The molecule has 0 saturated heterocycles. The third kappa shape index (κ3) is 5.90. The smallest absolute Gasteiger partial charge is 0.323 e. The Balaban J connectivity index is 1.93.